The lowest BCUT2D eigenvalue weighted by atomic mass is 10.2. The Balaban J connectivity index is 2.13. The van der Waals surface area contributed by atoms with Gasteiger partial charge in [-0.2, -0.15) is 0 Å². The maximum absolute atomic E-state index is 5.44. The molecule has 0 radical (unpaired) electrons. The second-order valence-electron chi connectivity index (χ2n) is 2.80. The van der Waals surface area contributed by atoms with Crippen molar-refractivity contribution in [2.45, 2.75) is 38.3 Å². The van der Waals surface area contributed by atoms with E-state index < -0.39 is 0 Å². The van der Waals surface area contributed by atoms with Gasteiger partial charge in [0.2, 0.25) is 0 Å². The van der Waals surface area contributed by atoms with Crippen LogP contribution in [0.2, 0.25) is 0 Å². The summed E-state index contributed by atoms with van der Waals surface area (Å²) in [7, 11) is 0. The zero-order valence-corrected chi connectivity index (χ0v) is 5.63. The fourth-order valence-electron chi connectivity index (χ4n) is 1.67. The van der Waals surface area contributed by atoms with Gasteiger partial charge in [-0.15, -0.1) is 0 Å². The zero-order valence-electron chi connectivity index (χ0n) is 5.63. The number of aliphatic imine (C=N–C) groups is 1. The van der Waals surface area contributed by atoms with Crippen molar-refractivity contribution >= 4 is 5.90 Å². The van der Waals surface area contributed by atoms with Gasteiger partial charge in [-0.3, -0.25) is 0 Å². The van der Waals surface area contributed by atoms with Gasteiger partial charge in [0.15, 0.2) is 5.90 Å². The average Bonchev–Trinajstić information content (AvgIpc) is 2.22. The van der Waals surface area contributed by atoms with Gasteiger partial charge >= 0.3 is 0 Å². The Bertz CT molecular complexity index is 153. The quantitative estimate of drug-likeness (QED) is 0.479. The summed E-state index contributed by atoms with van der Waals surface area (Å²) in [5.41, 5.74) is 0. The minimum atomic E-state index is 0.449. The molecule has 0 aromatic carbocycles. The number of ether oxygens (including phenoxy) is 1. The molecular formula is C7H11NO. The van der Waals surface area contributed by atoms with Crippen molar-refractivity contribution in [1.82, 2.24) is 0 Å². The molecule has 2 nitrogen and oxygen atoms in total. The molecule has 1 aliphatic carbocycles. The van der Waals surface area contributed by atoms with Crippen molar-refractivity contribution in [3.05, 3.63) is 0 Å². The van der Waals surface area contributed by atoms with Crippen molar-refractivity contribution in [2.75, 3.05) is 0 Å². The average molecular weight is 125 g/mol. The first-order valence-corrected chi connectivity index (χ1v) is 3.57. The van der Waals surface area contributed by atoms with Crippen LogP contribution < -0.4 is 0 Å². The molecule has 2 rings (SSSR count). The molecule has 2 heteroatoms. The standard InChI is InChI=1S/C7H11NO/c1-5-8-6-3-2-4-7(6)9-5/h6-7H,2-4H2,1H3/t6-,7+/m0/s1. The van der Waals surface area contributed by atoms with Crippen LogP contribution in [0.4, 0.5) is 0 Å². The predicted molar refractivity (Wildman–Crippen MR) is 35.6 cm³/mol. The molecule has 0 aromatic heterocycles. The van der Waals surface area contributed by atoms with Gasteiger partial charge in [-0.1, -0.05) is 0 Å². The van der Waals surface area contributed by atoms with Crippen molar-refractivity contribution in [2.24, 2.45) is 4.99 Å². The Kier molecular flexibility index (Phi) is 1.01. The topological polar surface area (TPSA) is 21.6 Å². The van der Waals surface area contributed by atoms with Crippen LogP contribution in [0.25, 0.3) is 0 Å². The van der Waals surface area contributed by atoms with E-state index in [9.17, 15) is 0 Å². The lowest BCUT2D eigenvalue weighted by Crippen LogP contribution is -2.13. The van der Waals surface area contributed by atoms with Gasteiger partial charge < -0.3 is 4.74 Å². The van der Waals surface area contributed by atoms with Crippen molar-refractivity contribution in [3.63, 3.8) is 0 Å². The van der Waals surface area contributed by atoms with Crippen LogP contribution >= 0.6 is 0 Å². The highest BCUT2D eigenvalue weighted by Crippen LogP contribution is 2.29. The minimum Gasteiger partial charge on any atom is -0.476 e. The summed E-state index contributed by atoms with van der Waals surface area (Å²) in [4.78, 5) is 4.34. The lowest BCUT2D eigenvalue weighted by molar-refractivity contribution is 0.209. The lowest BCUT2D eigenvalue weighted by Gasteiger charge is -2.05. The molecule has 0 aromatic rings. The van der Waals surface area contributed by atoms with Crippen molar-refractivity contribution < 1.29 is 4.74 Å². The molecule has 0 saturated heterocycles. The molecular weight excluding hydrogens is 114 g/mol. The van der Waals surface area contributed by atoms with E-state index in [-0.39, 0.29) is 0 Å². The summed E-state index contributed by atoms with van der Waals surface area (Å²) >= 11 is 0. The number of hydrogen-bond acceptors (Lipinski definition) is 2. The van der Waals surface area contributed by atoms with E-state index in [1.54, 1.807) is 0 Å². The Morgan fingerprint density at radius 3 is 3.22 bits per heavy atom. The summed E-state index contributed by atoms with van der Waals surface area (Å²) in [5, 5.41) is 0. The Labute approximate surface area is 54.9 Å². The molecule has 0 unspecified atom stereocenters. The SMILES string of the molecule is CC1=N[C@H]2CCC[C@H]2O1. The molecule has 0 bridgehead atoms. The summed E-state index contributed by atoms with van der Waals surface area (Å²) in [6, 6.07) is 0.519. The van der Waals surface area contributed by atoms with Crippen LogP contribution in [0.5, 0.6) is 0 Å². The number of hydrogen-bond donors (Lipinski definition) is 0. The Morgan fingerprint density at radius 1 is 1.56 bits per heavy atom. The fourth-order valence-corrected chi connectivity index (χ4v) is 1.67. The molecule has 0 amide bonds. The van der Waals surface area contributed by atoms with Gasteiger partial charge in [-0.05, 0) is 19.3 Å². The molecule has 2 aliphatic rings. The summed E-state index contributed by atoms with van der Waals surface area (Å²) in [5.74, 6) is 0.893. The van der Waals surface area contributed by atoms with E-state index in [0.717, 1.165) is 5.90 Å². The highest BCUT2D eigenvalue weighted by Gasteiger charge is 2.33. The largest absolute Gasteiger partial charge is 0.476 e. The zero-order chi connectivity index (χ0) is 6.27. The van der Waals surface area contributed by atoms with E-state index >= 15 is 0 Å². The summed E-state index contributed by atoms with van der Waals surface area (Å²) in [6.45, 7) is 1.94. The molecule has 1 saturated carbocycles. The molecule has 1 fully saturated rings. The number of fused-ring (bicyclic) bond motifs is 1. The monoisotopic (exact) mass is 125 g/mol. The molecule has 2 atom stereocenters. The molecule has 0 N–H and O–H groups in total. The normalized spacial score (nSPS) is 39.9. The second-order valence-corrected chi connectivity index (χ2v) is 2.80. The number of rotatable bonds is 0. The van der Waals surface area contributed by atoms with E-state index in [2.05, 4.69) is 4.99 Å². The molecule has 1 aliphatic heterocycles. The van der Waals surface area contributed by atoms with Crippen LogP contribution in [-0.4, -0.2) is 18.0 Å². The third-order valence-electron chi connectivity index (χ3n) is 2.09. The van der Waals surface area contributed by atoms with Crippen LogP contribution in [0.15, 0.2) is 4.99 Å². The van der Waals surface area contributed by atoms with Crippen LogP contribution in [0, 0.1) is 0 Å². The third kappa shape index (κ3) is 0.732. The minimum absolute atomic E-state index is 0.449. The summed E-state index contributed by atoms with van der Waals surface area (Å²) in [6.07, 6.45) is 4.20. The van der Waals surface area contributed by atoms with E-state index in [1.807, 2.05) is 6.92 Å². The molecule has 1 heterocycles. The maximum atomic E-state index is 5.44. The van der Waals surface area contributed by atoms with Gasteiger partial charge in [0.25, 0.3) is 0 Å². The first kappa shape index (κ1) is 5.27. The Morgan fingerprint density at radius 2 is 2.44 bits per heavy atom. The first-order valence-electron chi connectivity index (χ1n) is 3.57. The second kappa shape index (κ2) is 1.72. The first-order chi connectivity index (χ1) is 4.36. The van der Waals surface area contributed by atoms with Gasteiger partial charge in [0.05, 0.1) is 6.04 Å². The van der Waals surface area contributed by atoms with E-state index in [4.69, 9.17) is 4.74 Å². The van der Waals surface area contributed by atoms with Gasteiger partial charge in [0, 0.05) is 6.92 Å². The van der Waals surface area contributed by atoms with Gasteiger partial charge in [-0.25, -0.2) is 4.99 Å². The molecule has 9 heavy (non-hydrogen) atoms. The predicted octanol–water partition coefficient (Wildman–Crippen LogP) is 1.36. The smallest absolute Gasteiger partial charge is 0.180 e. The van der Waals surface area contributed by atoms with Crippen LogP contribution in [-0.2, 0) is 4.74 Å². The van der Waals surface area contributed by atoms with E-state index in [0.29, 0.717) is 12.1 Å². The highest BCUT2D eigenvalue weighted by atomic mass is 16.5. The third-order valence-corrected chi connectivity index (χ3v) is 2.09. The summed E-state index contributed by atoms with van der Waals surface area (Å²) < 4.78 is 5.44. The highest BCUT2D eigenvalue weighted by molar-refractivity contribution is 5.75. The van der Waals surface area contributed by atoms with Crippen molar-refractivity contribution in [3.8, 4) is 0 Å². The van der Waals surface area contributed by atoms with Gasteiger partial charge in [0.1, 0.15) is 6.10 Å². The fraction of sp³-hybridized carbons (Fsp3) is 0.857. The van der Waals surface area contributed by atoms with Crippen LogP contribution in [0.1, 0.15) is 26.2 Å². The number of nitrogens with zero attached hydrogens (tertiary/aromatic N) is 1. The van der Waals surface area contributed by atoms with E-state index in [1.165, 1.54) is 19.3 Å². The van der Waals surface area contributed by atoms with Crippen LogP contribution in [0.3, 0.4) is 0 Å². The van der Waals surface area contributed by atoms with Crippen molar-refractivity contribution in [1.29, 1.82) is 0 Å². The molecule has 50 valence electrons. The Hall–Kier alpha value is -0.530. The maximum Gasteiger partial charge on any atom is 0.180 e. The molecule has 0 spiro atoms.